The first-order valence-electron chi connectivity index (χ1n) is 11.1. The summed E-state index contributed by atoms with van der Waals surface area (Å²) >= 11 is 6.24. The number of nitrogens with zero attached hydrogens (tertiary/aromatic N) is 2. The first-order valence-corrected chi connectivity index (χ1v) is 11.5. The Kier molecular flexibility index (Phi) is 6.52. The second kappa shape index (κ2) is 9.36. The third-order valence-corrected chi connectivity index (χ3v) is 6.60. The summed E-state index contributed by atoms with van der Waals surface area (Å²) in [6.45, 7) is 5.74. The largest absolute Gasteiger partial charge is 0.305 e. The third kappa shape index (κ3) is 4.38. The van der Waals surface area contributed by atoms with E-state index in [4.69, 9.17) is 11.6 Å². The molecule has 1 aliphatic heterocycles. The highest BCUT2D eigenvalue weighted by molar-refractivity contribution is 6.31. The molecule has 0 bridgehead atoms. The van der Waals surface area contributed by atoms with Crippen molar-refractivity contribution in [2.75, 3.05) is 9.80 Å². The quantitative estimate of drug-likeness (QED) is 0.430. The van der Waals surface area contributed by atoms with Gasteiger partial charge in [-0.1, -0.05) is 36.7 Å². The van der Waals surface area contributed by atoms with Crippen molar-refractivity contribution >= 4 is 34.8 Å². The molecule has 4 rings (SSSR count). The predicted molar refractivity (Wildman–Crippen MR) is 130 cm³/mol. The van der Waals surface area contributed by atoms with Gasteiger partial charge < -0.3 is 9.80 Å². The molecule has 6 heteroatoms. The molecule has 0 aromatic heterocycles. The zero-order chi connectivity index (χ0) is 23.7. The summed E-state index contributed by atoms with van der Waals surface area (Å²) in [6.07, 6.45) is 0.921. The lowest BCUT2D eigenvalue weighted by molar-refractivity contribution is -0.118. The van der Waals surface area contributed by atoms with Gasteiger partial charge in [-0.2, -0.15) is 0 Å². The Hall–Kier alpha value is -3.18. The van der Waals surface area contributed by atoms with Crippen molar-refractivity contribution in [3.63, 3.8) is 0 Å². The van der Waals surface area contributed by atoms with E-state index in [0.717, 1.165) is 22.5 Å². The molecule has 2 amide bonds. The summed E-state index contributed by atoms with van der Waals surface area (Å²) in [5.74, 6) is -0.572. The van der Waals surface area contributed by atoms with E-state index < -0.39 is 0 Å². The van der Waals surface area contributed by atoms with Gasteiger partial charge >= 0.3 is 0 Å². The second-order valence-corrected chi connectivity index (χ2v) is 8.80. The molecule has 0 aliphatic carbocycles. The number of carbonyl (C=O) groups is 2. The maximum atomic E-state index is 13.4. The van der Waals surface area contributed by atoms with Crippen molar-refractivity contribution in [3.8, 4) is 0 Å². The highest BCUT2D eigenvalue weighted by Gasteiger charge is 2.38. The van der Waals surface area contributed by atoms with Gasteiger partial charge in [0.1, 0.15) is 5.82 Å². The Morgan fingerprint density at radius 3 is 2.45 bits per heavy atom. The van der Waals surface area contributed by atoms with Gasteiger partial charge in [-0.3, -0.25) is 9.59 Å². The molecule has 1 aliphatic rings. The SMILES string of the molecule is CCC(=O)N(c1ccc(Cl)c(C)c1)[C@H]1CC(C)N(C(=O)c2ccc(F)cc2)c2ccccc21. The molecule has 4 nitrogen and oxygen atoms in total. The van der Waals surface area contributed by atoms with Crippen LogP contribution in [0.2, 0.25) is 5.02 Å². The summed E-state index contributed by atoms with van der Waals surface area (Å²) in [7, 11) is 0. The number of hydrogen-bond donors (Lipinski definition) is 0. The smallest absolute Gasteiger partial charge is 0.258 e. The topological polar surface area (TPSA) is 40.6 Å². The lowest BCUT2D eigenvalue weighted by atomic mass is 9.89. The molecule has 1 unspecified atom stereocenters. The Labute approximate surface area is 198 Å². The van der Waals surface area contributed by atoms with Gasteiger partial charge in [-0.15, -0.1) is 0 Å². The molecule has 0 radical (unpaired) electrons. The van der Waals surface area contributed by atoms with Gasteiger partial charge in [-0.25, -0.2) is 4.39 Å². The molecule has 3 aromatic rings. The van der Waals surface area contributed by atoms with E-state index in [-0.39, 0.29) is 29.7 Å². The van der Waals surface area contributed by atoms with Gasteiger partial charge in [-0.05, 0) is 79.9 Å². The number of amides is 2. The van der Waals surface area contributed by atoms with Crippen LogP contribution in [0.5, 0.6) is 0 Å². The van der Waals surface area contributed by atoms with Crippen LogP contribution in [0.15, 0.2) is 66.7 Å². The minimum Gasteiger partial charge on any atom is -0.305 e. The van der Waals surface area contributed by atoms with Gasteiger partial charge in [0.25, 0.3) is 5.91 Å². The van der Waals surface area contributed by atoms with Crippen molar-refractivity contribution in [3.05, 3.63) is 94.3 Å². The van der Waals surface area contributed by atoms with E-state index in [1.54, 1.807) is 4.90 Å². The number of rotatable bonds is 4. The maximum Gasteiger partial charge on any atom is 0.258 e. The fraction of sp³-hybridized carbons (Fsp3) is 0.259. The Morgan fingerprint density at radius 1 is 1.09 bits per heavy atom. The van der Waals surface area contributed by atoms with Gasteiger partial charge in [0.15, 0.2) is 0 Å². The molecule has 2 atom stereocenters. The molecule has 0 saturated carbocycles. The van der Waals surface area contributed by atoms with Crippen LogP contribution in [0.4, 0.5) is 15.8 Å². The molecule has 170 valence electrons. The van der Waals surface area contributed by atoms with Crippen LogP contribution in [0, 0.1) is 12.7 Å². The molecule has 0 saturated heterocycles. The summed E-state index contributed by atoms with van der Waals surface area (Å²) in [6, 6.07) is 18.5. The number of para-hydroxylation sites is 1. The highest BCUT2D eigenvalue weighted by Crippen LogP contribution is 2.43. The number of halogens is 2. The molecule has 0 spiro atoms. The monoisotopic (exact) mass is 464 g/mol. The molecule has 3 aromatic carbocycles. The maximum absolute atomic E-state index is 13.4. The number of anilines is 2. The summed E-state index contributed by atoms with van der Waals surface area (Å²) in [4.78, 5) is 30.2. The van der Waals surface area contributed by atoms with Gasteiger partial charge in [0.05, 0.1) is 6.04 Å². The lowest BCUT2D eigenvalue weighted by Gasteiger charge is -2.43. The minimum absolute atomic E-state index is 0.00189. The molecule has 1 heterocycles. The molecular formula is C27H26ClFN2O2. The second-order valence-electron chi connectivity index (χ2n) is 8.39. The third-order valence-electron chi connectivity index (χ3n) is 6.17. The van der Waals surface area contributed by atoms with Crippen molar-refractivity contribution < 1.29 is 14.0 Å². The van der Waals surface area contributed by atoms with E-state index in [0.29, 0.717) is 23.4 Å². The van der Waals surface area contributed by atoms with Crippen molar-refractivity contribution in [1.29, 1.82) is 0 Å². The predicted octanol–water partition coefficient (Wildman–Crippen LogP) is 6.71. The number of fused-ring (bicyclic) bond motifs is 1. The fourth-order valence-electron chi connectivity index (χ4n) is 4.51. The first-order chi connectivity index (χ1) is 15.8. The average Bonchev–Trinajstić information content (AvgIpc) is 2.81. The van der Waals surface area contributed by atoms with Crippen LogP contribution in [0.25, 0.3) is 0 Å². The molecule has 33 heavy (non-hydrogen) atoms. The van der Waals surface area contributed by atoms with Crippen LogP contribution in [0.1, 0.15) is 54.2 Å². The molecule has 0 N–H and O–H groups in total. The highest BCUT2D eigenvalue weighted by atomic mass is 35.5. The van der Waals surface area contributed by atoms with Crippen LogP contribution in [-0.4, -0.2) is 17.9 Å². The van der Waals surface area contributed by atoms with Gasteiger partial charge in [0.2, 0.25) is 5.91 Å². The first kappa shape index (κ1) is 23.0. The summed E-state index contributed by atoms with van der Waals surface area (Å²) < 4.78 is 13.4. The molecule has 0 fully saturated rings. The van der Waals surface area contributed by atoms with Crippen LogP contribution in [0.3, 0.4) is 0 Å². The van der Waals surface area contributed by atoms with Crippen LogP contribution in [-0.2, 0) is 4.79 Å². The Bertz CT molecular complexity index is 1190. The Morgan fingerprint density at radius 2 is 1.79 bits per heavy atom. The average molecular weight is 465 g/mol. The van der Waals surface area contributed by atoms with E-state index in [1.807, 2.05) is 68.1 Å². The standard InChI is InChI=1S/C27H26ClFN2O2/c1-4-26(32)31(21-13-14-23(28)17(2)15-21)25-16-18(3)30(24-8-6-5-7-22(24)25)27(33)19-9-11-20(29)12-10-19/h5-15,18,25H,4,16H2,1-3H3/t18?,25-/m0/s1. The van der Waals surface area contributed by atoms with Crippen molar-refractivity contribution in [2.24, 2.45) is 0 Å². The number of aryl methyl sites for hydroxylation is 1. The van der Waals surface area contributed by atoms with Crippen LogP contribution >= 0.6 is 11.6 Å². The van der Waals surface area contributed by atoms with E-state index in [1.165, 1.54) is 24.3 Å². The van der Waals surface area contributed by atoms with Crippen molar-refractivity contribution in [1.82, 2.24) is 0 Å². The van der Waals surface area contributed by atoms with Gasteiger partial charge in [0, 0.05) is 34.4 Å². The van der Waals surface area contributed by atoms with Crippen molar-refractivity contribution in [2.45, 2.75) is 45.7 Å². The summed E-state index contributed by atoms with van der Waals surface area (Å²) in [5.41, 5.74) is 3.77. The summed E-state index contributed by atoms with van der Waals surface area (Å²) in [5, 5.41) is 0.649. The Balaban J connectivity index is 1.80. The number of benzene rings is 3. The lowest BCUT2D eigenvalue weighted by Crippen LogP contribution is -2.47. The van der Waals surface area contributed by atoms with E-state index in [2.05, 4.69) is 0 Å². The van der Waals surface area contributed by atoms with E-state index >= 15 is 0 Å². The van der Waals surface area contributed by atoms with Crippen LogP contribution < -0.4 is 9.80 Å². The number of hydrogen-bond acceptors (Lipinski definition) is 2. The minimum atomic E-state index is -0.384. The zero-order valence-corrected chi connectivity index (χ0v) is 19.6. The molecular weight excluding hydrogens is 439 g/mol. The zero-order valence-electron chi connectivity index (χ0n) is 18.9. The van der Waals surface area contributed by atoms with E-state index in [9.17, 15) is 14.0 Å². The fourth-order valence-corrected chi connectivity index (χ4v) is 4.63. The number of carbonyl (C=O) groups excluding carboxylic acids is 2. The normalized spacial score (nSPS) is 17.4.